The second kappa shape index (κ2) is 5.54. The maximum absolute atomic E-state index is 6.21. The highest BCUT2D eigenvalue weighted by Gasteiger charge is 2.18. The van der Waals surface area contributed by atoms with Crippen molar-refractivity contribution in [2.45, 2.75) is 0 Å². The molecule has 0 unspecified atom stereocenters. The van der Waals surface area contributed by atoms with Crippen LogP contribution in [0, 0.1) is 0 Å². The minimum atomic E-state index is 0.637. The van der Waals surface area contributed by atoms with Gasteiger partial charge in [-0.05, 0) is 17.7 Å². The first-order chi connectivity index (χ1) is 10.1. The number of aromatic nitrogens is 2. The lowest BCUT2D eigenvalue weighted by atomic mass is 10.0. The smallest absolute Gasteiger partial charge is 0.129 e. The number of hydrogen-bond acceptors (Lipinski definition) is 2. The van der Waals surface area contributed by atoms with Crippen LogP contribution in [0.1, 0.15) is 0 Å². The third-order valence-electron chi connectivity index (χ3n) is 3.34. The number of nitrogens with zero attached hydrogens (tertiary/aromatic N) is 2. The summed E-state index contributed by atoms with van der Waals surface area (Å²) in [6, 6.07) is 15.7. The molecule has 3 nitrogen and oxygen atoms in total. The summed E-state index contributed by atoms with van der Waals surface area (Å²) in [6.07, 6.45) is 0. The van der Waals surface area contributed by atoms with Gasteiger partial charge in [0.1, 0.15) is 11.5 Å². The van der Waals surface area contributed by atoms with Crippen molar-refractivity contribution in [3.05, 3.63) is 58.0 Å². The molecule has 0 saturated heterocycles. The molecule has 1 heterocycles. The van der Waals surface area contributed by atoms with Crippen LogP contribution < -0.4 is 5.73 Å². The van der Waals surface area contributed by atoms with E-state index in [-0.39, 0.29) is 0 Å². The first-order valence-corrected chi connectivity index (χ1v) is 7.58. The highest BCUT2D eigenvalue weighted by molar-refractivity contribution is 9.10. The third-order valence-corrected chi connectivity index (χ3v) is 4.23. The first kappa shape index (κ1) is 14.2. The summed E-state index contributed by atoms with van der Waals surface area (Å²) >= 11 is 9.57. The molecule has 0 bridgehead atoms. The minimum Gasteiger partial charge on any atom is -0.383 e. The van der Waals surface area contributed by atoms with Crippen molar-refractivity contribution in [2.24, 2.45) is 7.05 Å². The van der Waals surface area contributed by atoms with Crippen LogP contribution in [-0.2, 0) is 7.05 Å². The van der Waals surface area contributed by atoms with Gasteiger partial charge in [0, 0.05) is 22.1 Å². The largest absolute Gasteiger partial charge is 0.383 e. The molecule has 3 aromatic rings. The molecule has 0 spiro atoms. The van der Waals surface area contributed by atoms with Crippen LogP contribution in [0.2, 0.25) is 5.02 Å². The number of halogens is 2. The molecular formula is C16H13BrClN3. The van der Waals surface area contributed by atoms with Crippen LogP contribution in [0.5, 0.6) is 0 Å². The molecule has 0 atom stereocenters. The summed E-state index contributed by atoms with van der Waals surface area (Å²) in [5, 5.41) is 5.24. The molecule has 0 radical (unpaired) electrons. The zero-order valence-electron chi connectivity index (χ0n) is 11.3. The molecule has 2 N–H and O–H groups in total. The fourth-order valence-corrected chi connectivity index (χ4v) is 3.17. The van der Waals surface area contributed by atoms with Gasteiger partial charge in [-0.3, -0.25) is 4.68 Å². The minimum absolute atomic E-state index is 0.637. The van der Waals surface area contributed by atoms with E-state index >= 15 is 0 Å². The van der Waals surface area contributed by atoms with Crippen molar-refractivity contribution in [1.82, 2.24) is 9.78 Å². The molecule has 1 aromatic heterocycles. The Morgan fingerprint density at radius 3 is 2.52 bits per heavy atom. The van der Waals surface area contributed by atoms with Crippen molar-refractivity contribution >= 4 is 33.3 Å². The van der Waals surface area contributed by atoms with Crippen molar-refractivity contribution in [2.75, 3.05) is 5.73 Å². The standard InChI is InChI=1S/C16H13BrClN3/c1-21-16(19)14(10-5-3-2-4-6-10)15(20-21)12-8-7-11(18)9-13(12)17/h2-9H,19H2,1H3. The van der Waals surface area contributed by atoms with Crippen molar-refractivity contribution in [3.8, 4) is 22.4 Å². The highest BCUT2D eigenvalue weighted by atomic mass is 79.9. The lowest BCUT2D eigenvalue weighted by Gasteiger charge is -2.06. The van der Waals surface area contributed by atoms with E-state index in [2.05, 4.69) is 21.0 Å². The number of nitrogen functional groups attached to an aromatic ring is 1. The van der Waals surface area contributed by atoms with Gasteiger partial charge >= 0.3 is 0 Å². The predicted octanol–water partition coefficient (Wildman–Crippen LogP) is 4.75. The molecule has 0 aliphatic carbocycles. The molecule has 21 heavy (non-hydrogen) atoms. The Kier molecular flexibility index (Phi) is 3.74. The Morgan fingerprint density at radius 1 is 1.14 bits per heavy atom. The van der Waals surface area contributed by atoms with Crippen molar-refractivity contribution in [1.29, 1.82) is 0 Å². The van der Waals surface area contributed by atoms with Gasteiger partial charge in [0.05, 0.1) is 5.56 Å². The Balaban J connectivity index is 2.27. The van der Waals surface area contributed by atoms with Gasteiger partial charge < -0.3 is 5.73 Å². The lowest BCUT2D eigenvalue weighted by molar-refractivity contribution is 0.782. The monoisotopic (exact) mass is 361 g/mol. The van der Waals surface area contributed by atoms with Crippen LogP contribution in [-0.4, -0.2) is 9.78 Å². The molecule has 106 valence electrons. The van der Waals surface area contributed by atoms with Gasteiger partial charge in [-0.1, -0.05) is 63.9 Å². The molecule has 0 amide bonds. The van der Waals surface area contributed by atoms with Crippen LogP contribution in [0.15, 0.2) is 53.0 Å². The Hall–Kier alpha value is -1.78. The lowest BCUT2D eigenvalue weighted by Crippen LogP contribution is -1.97. The molecule has 0 saturated carbocycles. The zero-order chi connectivity index (χ0) is 15.0. The fourth-order valence-electron chi connectivity index (χ4n) is 2.30. The van der Waals surface area contributed by atoms with Gasteiger partial charge in [-0.25, -0.2) is 0 Å². The predicted molar refractivity (Wildman–Crippen MR) is 91.2 cm³/mol. The van der Waals surface area contributed by atoms with Crippen molar-refractivity contribution in [3.63, 3.8) is 0 Å². The molecule has 0 fully saturated rings. The number of nitrogens with two attached hydrogens (primary N) is 1. The number of hydrogen-bond donors (Lipinski definition) is 1. The SMILES string of the molecule is Cn1nc(-c2ccc(Cl)cc2Br)c(-c2ccccc2)c1N. The average Bonchev–Trinajstić information content (AvgIpc) is 2.75. The topological polar surface area (TPSA) is 43.8 Å². The summed E-state index contributed by atoms with van der Waals surface area (Å²) < 4.78 is 2.59. The Labute approximate surface area is 136 Å². The molecule has 3 rings (SSSR count). The van der Waals surface area contributed by atoms with Crippen LogP contribution in [0.25, 0.3) is 22.4 Å². The summed E-state index contributed by atoms with van der Waals surface area (Å²) in [4.78, 5) is 0. The first-order valence-electron chi connectivity index (χ1n) is 6.41. The highest BCUT2D eigenvalue weighted by Crippen LogP contribution is 2.39. The van der Waals surface area contributed by atoms with Gasteiger partial charge in [0.15, 0.2) is 0 Å². The van der Waals surface area contributed by atoms with Gasteiger partial charge in [-0.15, -0.1) is 0 Å². The zero-order valence-corrected chi connectivity index (χ0v) is 13.7. The summed E-state index contributed by atoms with van der Waals surface area (Å²) in [5.74, 6) is 0.637. The van der Waals surface area contributed by atoms with Gasteiger partial charge in [0.2, 0.25) is 0 Å². The Morgan fingerprint density at radius 2 is 1.86 bits per heavy atom. The number of rotatable bonds is 2. The van der Waals surface area contributed by atoms with E-state index in [1.165, 1.54) is 0 Å². The van der Waals surface area contributed by atoms with E-state index in [9.17, 15) is 0 Å². The quantitative estimate of drug-likeness (QED) is 0.715. The van der Waals surface area contributed by atoms with Crippen molar-refractivity contribution < 1.29 is 0 Å². The molecule has 0 aliphatic rings. The third kappa shape index (κ3) is 2.57. The number of aryl methyl sites for hydroxylation is 1. The maximum Gasteiger partial charge on any atom is 0.129 e. The van der Waals surface area contributed by atoms with Crippen LogP contribution >= 0.6 is 27.5 Å². The fraction of sp³-hybridized carbons (Fsp3) is 0.0625. The second-order valence-electron chi connectivity index (χ2n) is 4.72. The van der Waals surface area contributed by atoms with E-state index in [1.54, 1.807) is 4.68 Å². The van der Waals surface area contributed by atoms with Crippen LogP contribution in [0.3, 0.4) is 0 Å². The maximum atomic E-state index is 6.21. The van der Waals surface area contributed by atoms with E-state index in [0.29, 0.717) is 10.8 Å². The molecule has 0 aliphatic heterocycles. The number of benzene rings is 2. The normalized spacial score (nSPS) is 10.8. The molecular weight excluding hydrogens is 350 g/mol. The Bertz CT molecular complexity index is 797. The molecule has 2 aromatic carbocycles. The summed E-state index contributed by atoms with van der Waals surface area (Å²) in [7, 11) is 1.84. The second-order valence-corrected chi connectivity index (χ2v) is 6.01. The summed E-state index contributed by atoms with van der Waals surface area (Å²) in [5.41, 5.74) is 9.99. The van der Waals surface area contributed by atoms with E-state index in [1.807, 2.05) is 55.6 Å². The molecule has 5 heteroatoms. The van der Waals surface area contributed by atoms with Crippen LogP contribution in [0.4, 0.5) is 5.82 Å². The van der Waals surface area contributed by atoms with Gasteiger partial charge in [0.25, 0.3) is 0 Å². The summed E-state index contributed by atoms with van der Waals surface area (Å²) in [6.45, 7) is 0. The number of anilines is 1. The van der Waals surface area contributed by atoms with Gasteiger partial charge in [-0.2, -0.15) is 5.10 Å². The van der Waals surface area contributed by atoms with E-state index in [4.69, 9.17) is 17.3 Å². The van der Waals surface area contributed by atoms with E-state index in [0.717, 1.165) is 26.9 Å². The van der Waals surface area contributed by atoms with E-state index < -0.39 is 0 Å². The average molecular weight is 363 g/mol.